The van der Waals surface area contributed by atoms with Crippen molar-refractivity contribution in [3.05, 3.63) is 29.8 Å². The molecule has 1 N–H and O–H groups in total. The lowest BCUT2D eigenvalue weighted by molar-refractivity contribution is -0.143. The van der Waals surface area contributed by atoms with Crippen LogP contribution in [0.15, 0.2) is 24.3 Å². The van der Waals surface area contributed by atoms with Gasteiger partial charge in [0.2, 0.25) is 5.91 Å². The van der Waals surface area contributed by atoms with E-state index in [1.165, 1.54) is 17.1 Å². The highest BCUT2D eigenvalue weighted by Gasteiger charge is 2.34. The second-order valence-electron chi connectivity index (χ2n) is 4.27. The second kappa shape index (κ2) is 5.03. The van der Waals surface area contributed by atoms with Gasteiger partial charge >= 0.3 is 12.1 Å². The number of hydrogen-bond donors (Lipinski definition) is 1. The molecule has 0 aliphatic carbocycles. The summed E-state index contributed by atoms with van der Waals surface area (Å²) in [6.07, 6.45) is -4.42. The standard InChI is InChI=1S/C12H11F3N2O3/c13-12(14,15)8-2-1-3-9(6-8)16-5-4-10(18)17(16)7-11(19)20/h1-3,6H,4-5,7H2,(H,19,20). The molecular formula is C12H11F3N2O3. The molecule has 2 rings (SSSR count). The summed E-state index contributed by atoms with van der Waals surface area (Å²) in [5, 5.41) is 10.9. The number of carboxylic acids is 1. The molecule has 1 aliphatic rings. The van der Waals surface area contributed by atoms with Gasteiger partial charge in [-0.1, -0.05) is 6.07 Å². The number of nitrogens with zero attached hydrogens (tertiary/aromatic N) is 2. The van der Waals surface area contributed by atoms with Gasteiger partial charge in [-0.15, -0.1) is 0 Å². The lowest BCUT2D eigenvalue weighted by Gasteiger charge is -2.28. The Morgan fingerprint density at radius 2 is 2.05 bits per heavy atom. The van der Waals surface area contributed by atoms with Crippen molar-refractivity contribution < 1.29 is 27.9 Å². The van der Waals surface area contributed by atoms with Crippen LogP contribution >= 0.6 is 0 Å². The van der Waals surface area contributed by atoms with Gasteiger partial charge in [0.15, 0.2) is 0 Å². The Hall–Kier alpha value is -2.25. The van der Waals surface area contributed by atoms with Crippen molar-refractivity contribution in [2.75, 3.05) is 18.1 Å². The van der Waals surface area contributed by atoms with Crippen LogP contribution in [0.1, 0.15) is 12.0 Å². The summed E-state index contributed by atoms with van der Waals surface area (Å²) in [5.41, 5.74) is -0.698. The lowest BCUT2D eigenvalue weighted by Crippen LogP contribution is -2.42. The summed E-state index contributed by atoms with van der Waals surface area (Å²) in [4.78, 5) is 22.3. The fourth-order valence-electron chi connectivity index (χ4n) is 2.00. The molecule has 1 fully saturated rings. The van der Waals surface area contributed by atoms with Gasteiger partial charge in [-0.25, -0.2) is 5.01 Å². The van der Waals surface area contributed by atoms with E-state index < -0.39 is 30.2 Å². The first-order chi connectivity index (χ1) is 9.29. The zero-order valence-electron chi connectivity index (χ0n) is 10.2. The third-order valence-corrected chi connectivity index (χ3v) is 2.87. The van der Waals surface area contributed by atoms with Crippen molar-refractivity contribution in [3.8, 4) is 0 Å². The van der Waals surface area contributed by atoms with Crippen LogP contribution in [0.5, 0.6) is 0 Å². The Morgan fingerprint density at radius 3 is 2.65 bits per heavy atom. The molecule has 0 saturated carbocycles. The molecule has 1 aliphatic heterocycles. The molecule has 0 spiro atoms. The van der Waals surface area contributed by atoms with Crippen molar-refractivity contribution in [1.29, 1.82) is 0 Å². The zero-order chi connectivity index (χ0) is 14.9. The van der Waals surface area contributed by atoms with Gasteiger partial charge in [0.25, 0.3) is 0 Å². The Labute approximate surface area is 112 Å². The summed E-state index contributed by atoms with van der Waals surface area (Å²) < 4.78 is 37.9. The minimum absolute atomic E-state index is 0.0729. The minimum atomic E-state index is -4.49. The minimum Gasteiger partial charge on any atom is -0.480 e. The number of carbonyl (C=O) groups is 2. The summed E-state index contributed by atoms with van der Waals surface area (Å²) >= 11 is 0. The monoisotopic (exact) mass is 288 g/mol. The van der Waals surface area contributed by atoms with Crippen molar-refractivity contribution in [2.45, 2.75) is 12.6 Å². The molecule has 0 unspecified atom stereocenters. The molecule has 1 amide bonds. The number of carboxylic acid groups (broad SMARTS) is 1. The van der Waals surface area contributed by atoms with E-state index in [0.717, 1.165) is 17.1 Å². The number of aliphatic carboxylic acids is 1. The summed E-state index contributed by atoms with van der Waals surface area (Å²) in [6, 6.07) is 4.44. The van der Waals surface area contributed by atoms with Gasteiger partial charge in [-0.05, 0) is 18.2 Å². The highest BCUT2D eigenvalue weighted by atomic mass is 19.4. The van der Waals surface area contributed by atoms with E-state index in [-0.39, 0.29) is 18.7 Å². The van der Waals surface area contributed by atoms with Gasteiger partial charge in [0.05, 0.1) is 11.3 Å². The predicted molar refractivity (Wildman–Crippen MR) is 62.8 cm³/mol. The molecule has 8 heteroatoms. The summed E-state index contributed by atoms with van der Waals surface area (Å²) in [5.74, 6) is -1.65. The van der Waals surface area contributed by atoms with Gasteiger partial charge in [0, 0.05) is 13.0 Å². The Bertz CT molecular complexity index is 545. The number of carbonyl (C=O) groups excluding carboxylic acids is 1. The number of amides is 1. The normalized spacial score (nSPS) is 15.8. The second-order valence-corrected chi connectivity index (χ2v) is 4.27. The van der Waals surface area contributed by atoms with Crippen molar-refractivity contribution in [1.82, 2.24) is 5.01 Å². The van der Waals surface area contributed by atoms with Gasteiger partial charge in [0.1, 0.15) is 6.54 Å². The van der Waals surface area contributed by atoms with E-state index >= 15 is 0 Å². The molecule has 108 valence electrons. The topological polar surface area (TPSA) is 60.9 Å². The number of alkyl halides is 3. The number of benzene rings is 1. The van der Waals surface area contributed by atoms with Crippen molar-refractivity contribution >= 4 is 17.6 Å². The van der Waals surface area contributed by atoms with Gasteiger partial charge < -0.3 is 5.11 Å². The molecule has 20 heavy (non-hydrogen) atoms. The first-order valence-corrected chi connectivity index (χ1v) is 5.76. The zero-order valence-corrected chi connectivity index (χ0v) is 10.2. The van der Waals surface area contributed by atoms with E-state index in [1.54, 1.807) is 0 Å². The molecule has 1 aromatic rings. The first-order valence-electron chi connectivity index (χ1n) is 5.76. The van der Waals surface area contributed by atoms with Crippen molar-refractivity contribution in [3.63, 3.8) is 0 Å². The Balaban J connectivity index is 2.30. The number of rotatable bonds is 3. The van der Waals surface area contributed by atoms with E-state index in [2.05, 4.69) is 0 Å². The molecule has 5 nitrogen and oxygen atoms in total. The van der Waals surface area contributed by atoms with E-state index in [9.17, 15) is 22.8 Å². The maximum atomic E-state index is 12.6. The number of anilines is 1. The summed E-state index contributed by atoms with van der Waals surface area (Å²) in [6.45, 7) is -0.414. The number of halogens is 3. The lowest BCUT2D eigenvalue weighted by atomic mass is 10.2. The molecule has 0 bridgehead atoms. The van der Waals surface area contributed by atoms with Crippen LogP contribution in [0.2, 0.25) is 0 Å². The van der Waals surface area contributed by atoms with Gasteiger partial charge in [-0.3, -0.25) is 14.6 Å². The molecular weight excluding hydrogens is 277 g/mol. The smallest absolute Gasteiger partial charge is 0.416 e. The van der Waals surface area contributed by atoms with Crippen LogP contribution in [0, 0.1) is 0 Å². The molecule has 1 heterocycles. The van der Waals surface area contributed by atoms with E-state index in [1.807, 2.05) is 0 Å². The van der Waals surface area contributed by atoms with Crippen LogP contribution in [0.25, 0.3) is 0 Å². The fourth-order valence-corrected chi connectivity index (χ4v) is 2.00. The third kappa shape index (κ3) is 2.84. The fraction of sp³-hybridized carbons (Fsp3) is 0.333. The molecule has 0 atom stereocenters. The van der Waals surface area contributed by atoms with Crippen molar-refractivity contribution in [2.24, 2.45) is 0 Å². The highest BCUT2D eigenvalue weighted by Crippen LogP contribution is 2.32. The van der Waals surface area contributed by atoms with E-state index in [0.29, 0.717) is 0 Å². The molecule has 1 saturated heterocycles. The quantitative estimate of drug-likeness (QED) is 0.920. The molecule has 1 aromatic carbocycles. The van der Waals surface area contributed by atoms with Crippen LogP contribution in [-0.4, -0.2) is 35.1 Å². The molecule has 0 radical (unpaired) electrons. The number of hydrogen-bond acceptors (Lipinski definition) is 3. The summed E-state index contributed by atoms with van der Waals surface area (Å²) in [7, 11) is 0. The van der Waals surface area contributed by atoms with Crippen LogP contribution in [0.3, 0.4) is 0 Å². The SMILES string of the molecule is O=C(O)CN1C(=O)CCN1c1cccc(C(F)(F)F)c1. The third-order valence-electron chi connectivity index (χ3n) is 2.87. The number of hydrazine groups is 1. The predicted octanol–water partition coefficient (Wildman–Crippen LogP) is 1.74. The van der Waals surface area contributed by atoms with Gasteiger partial charge in [-0.2, -0.15) is 13.2 Å². The molecule has 0 aromatic heterocycles. The van der Waals surface area contributed by atoms with E-state index in [4.69, 9.17) is 5.11 Å². The highest BCUT2D eigenvalue weighted by molar-refractivity contribution is 5.85. The Kier molecular flexibility index (Phi) is 3.56. The maximum Gasteiger partial charge on any atom is 0.416 e. The average molecular weight is 288 g/mol. The Morgan fingerprint density at radius 1 is 1.35 bits per heavy atom. The van der Waals surface area contributed by atoms with Crippen LogP contribution < -0.4 is 5.01 Å². The van der Waals surface area contributed by atoms with Crippen LogP contribution in [-0.2, 0) is 15.8 Å². The first kappa shape index (κ1) is 14.2. The van der Waals surface area contributed by atoms with Crippen LogP contribution in [0.4, 0.5) is 18.9 Å². The maximum absolute atomic E-state index is 12.6. The largest absolute Gasteiger partial charge is 0.480 e. The average Bonchev–Trinajstić information content (AvgIpc) is 2.70.